The fourth-order valence-electron chi connectivity index (χ4n) is 2.86. The van der Waals surface area contributed by atoms with Crippen molar-refractivity contribution in [3.05, 3.63) is 30.0 Å². The molecule has 2 heterocycles. The third kappa shape index (κ3) is 3.47. The van der Waals surface area contributed by atoms with Gasteiger partial charge in [0.2, 0.25) is 5.91 Å². The third-order valence-corrected chi connectivity index (χ3v) is 4.16. The minimum absolute atomic E-state index is 0.115. The number of nitrogens with one attached hydrogen (secondary N) is 2. The number of fused-ring (bicyclic) bond motifs is 1. The molecule has 122 valence electrons. The number of nitrogens with zero attached hydrogens (tertiary/aromatic N) is 1. The molecule has 0 unspecified atom stereocenters. The Bertz CT molecular complexity index is 717. The van der Waals surface area contributed by atoms with E-state index in [-0.39, 0.29) is 11.8 Å². The van der Waals surface area contributed by atoms with E-state index in [1.54, 1.807) is 13.2 Å². The monoisotopic (exact) mass is 315 g/mol. The number of hydrogen-bond acceptors (Lipinski definition) is 3. The van der Waals surface area contributed by atoms with Gasteiger partial charge in [0.1, 0.15) is 11.4 Å². The fraction of sp³-hybridized carbons (Fsp3) is 0.412. The summed E-state index contributed by atoms with van der Waals surface area (Å²) in [6.45, 7) is 2.04. The molecule has 1 aliphatic heterocycles. The van der Waals surface area contributed by atoms with Crippen LogP contribution in [-0.2, 0) is 4.79 Å². The number of carbonyl (C=O) groups is 2. The van der Waals surface area contributed by atoms with Crippen LogP contribution in [-0.4, -0.2) is 48.4 Å². The van der Waals surface area contributed by atoms with E-state index in [2.05, 4.69) is 10.3 Å². The van der Waals surface area contributed by atoms with Gasteiger partial charge in [0.25, 0.3) is 5.91 Å². The van der Waals surface area contributed by atoms with Crippen LogP contribution in [0.15, 0.2) is 24.3 Å². The normalized spacial score (nSPS) is 14.2. The first-order valence-corrected chi connectivity index (χ1v) is 7.90. The second-order valence-corrected chi connectivity index (χ2v) is 5.73. The lowest BCUT2D eigenvalue weighted by Gasteiger charge is -2.14. The second-order valence-electron chi connectivity index (χ2n) is 5.73. The quantitative estimate of drug-likeness (QED) is 0.885. The summed E-state index contributed by atoms with van der Waals surface area (Å²) in [5.41, 5.74) is 1.34. The number of benzene rings is 1. The highest BCUT2D eigenvalue weighted by atomic mass is 16.5. The van der Waals surface area contributed by atoms with Crippen molar-refractivity contribution >= 4 is 22.7 Å². The lowest BCUT2D eigenvalue weighted by Crippen LogP contribution is -2.32. The first-order chi connectivity index (χ1) is 11.2. The van der Waals surface area contributed by atoms with Crippen molar-refractivity contribution in [3.8, 4) is 5.75 Å². The molecule has 3 rings (SSSR count). The van der Waals surface area contributed by atoms with E-state index in [1.165, 1.54) is 0 Å². The molecule has 1 aromatic heterocycles. The first kappa shape index (κ1) is 15.4. The largest absolute Gasteiger partial charge is 0.497 e. The molecule has 6 nitrogen and oxygen atoms in total. The minimum atomic E-state index is -0.200. The summed E-state index contributed by atoms with van der Waals surface area (Å²) < 4.78 is 5.17. The van der Waals surface area contributed by atoms with Crippen LogP contribution >= 0.6 is 0 Å². The van der Waals surface area contributed by atoms with Gasteiger partial charge in [0.05, 0.1) is 7.11 Å². The van der Waals surface area contributed by atoms with Crippen LogP contribution in [0.1, 0.15) is 29.8 Å². The Morgan fingerprint density at radius 2 is 2.04 bits per heavy atom. The van der Waals surface area contributed by atoms with Crippen LogP contribution in [0, 0.1) is 0 Å². The van der Waals surface area contributed by atoms with Crippen LogP contribution < -0.4 is 10.1 Å². The molecule has 0 atom stereocenters. The Morgan fingerprint density at radius 3 is 2.78 bits per heavy atom. The molecule has 2 amide bonds. The van der Waals surface area contributed by atoms with E-state index >= 15 is 0 Å². The van der Waals surface area contributed by atoms with Gasteiger partial charge in [-0.05, 0) is 31.0 Å². The summed E-state index contributed by atoms with van der Waals surface area (Å²) >= 11 is 0. The number of aromatic nitrogens is 1. The van der Waals surface area contributed by atoms with Crippen molar-refractivity contribution in [1.29, 1.82) is 0 Å². The smallest absolute Gasteiger partial charge is 0.267 e. The van der Waals surface area contributed by atoms with Gasteiger partial charge < -0.3 is 19.9 Å². The highest BCUT2D eigenvalue weighted by Crippen LogP contribution is 2.21. The maximum atomic E-state index is 12.2. The van der Waals surface area contributed by atoms with Crippen molar-refractivity contribution in [2.45, 2.75) is 19.3 Å². The van der Waals surface area contributed by atoms with Crippen molar-refractivity contribution in [1.82, 2.24) is 15.2 Å². The van der Waals surface area contributed by atoms with Gasteiger partial charge >= 0.3 is 0 Å². The van der Waals surface area contributed by atoms with E-state index in [0.29, 0.717) is 18.7 Å². The maximum Gasteiger partial charge on any atom is 0.267 e. The Labute approximate surface area is 134 Å². The second kappa shape index (κ2) is 6.73. The molecule has 1 aromatic carbocycles. The zero-order chi connectivity index (χ0) is 16.2. The van der Waals surface area contributed by atoms with Crippen molar-refractivity contribution < 1.29 is 14.3 Å². The molecule has 23 heavy (non-hydrogen) atoms. The number of ether oxygens (including phenoxy) is 1. The molecule has 2 N–H and O–H groups in total. The predicted octanol–water partition coefficient (Wildman–Crippen LogP) is 1.92. The molecule has 6 heteroatoms. The van der Waals surface area contributed by atoms with E-state index in [0.717, 1.165) is 42.6 Å². The molecule has 0 radical (unpaired) electrons. The van der Waals surface area contributed by atoms with Crippen LogP contribution in [0.3, 0.4) is 0 Å². The van der Waals surface area contributed by atoms with E-state index < -0.39 is 0 Å². The van der Waals surface area contributed by atoms with Crippen LogP contribution in [0.4, 0.5) is 0 Å². The van der Waals surface area contributed by atoms with E-state index in [1.807, 2.05) is 23.1 Å². The topological polar surface area (TPSA) is 74.4 Å². The van der Waals surface area contributed by atoms with E-state index in [9.17, 15) is 9.59 Å². The van der Waals surface area contributed by atoms with Crippen molar-refractivity contribution in [2.24, 2.45) is 0 Å². The fourth-order valence-corrected chi connectivity index (χ4v) is 2.86. The van der Waals surface area contributed by atoms with Gasteiger partial charge in [-0.2, -0.15) is 0 Å². The molecular weight excluding hydrogens is 294 g/mol. The number of carbonyl (C=O) groups excluding carboxylic acids is 2. The molecule has 0 spiro atoms. The van der Waals surface area contributed by atoms with Gasteiger partial charge in [-0.1, -0.05) is 0 Å². The Hall–Kier alpha value is -2.50. The Kier molecular flexibility index (Phi) is 4.50. The summed E-state index contributed by atoms with van der Waals surface area (Å²) in [7, 11) is 1.61. The SMILES string of the molecule is COc1ccc2cc(C(=O)NCCC(=O)N3CCCC3)[nH]c2c1. The van der Waals surface area contributed by atoms with Gasteiger partial charge in [-0.15, -0.1) is 0 Å². The standard InChI is InChI=1S/C17H21N3O3/c1-23-13-5-4-12-10-15(19-14(12)11-13)17(22)18-7-6-16(21)20-8-2-3-9-20/h4-5,10-11,19H,2-3,6-9H2,1H3,(H,18,22). The number of H-pyrrole nitrogens is 1. The molecule has 0 bridgehead atoms. The van der Waals surface area contributed by atoms with Crippen molar-refractivity contribution in [3.63, 3.8) is 0 Å². The number of aromatic amines is 1. The van der Waals surface area contributed by atoms with Gasteiger partial charge in [0, 0.05) is 43.0 Å². The summed E-state index contributed by atoms with van der Waals surface area (Å²) in [6, 6.07) is 7.40. The lowest BCUT2D eigenvalue weighted by atomic mass is 10.2. The summed E-state index contributed by atoms with van der Waals surface area (Å²) in [5, 5.41) is 3.74. The molecule has 1 aliphatic rings. The molecule has 0 aliphatic carbocycles. The average Bonchev–Trinajstić information content (AvgIpc) is 3.23. The highest BCUT2D eigenvalue weighted by Gasteiger charge is 2.17. The highest BCUT2D eigenvalue weighted by molar-refractivity contribution is 5.98. The van der Waals surface area contributed by atoms with Gasteiger partial charge in [0.15, 0.2) is 0 Å². The summed E-state index contributed by atoms with van der Waals surface area (Å²) in [4.78, 5) is 29.0. The number of methoxy groups -OCH3 is 1. The number of hydrogen-bond donors (Lipinski definition) is 2. The third-order valence-electron chi connectivity index (χ3n) is 4.16. The number of rotatable bonds is 5. The first-order valence-electron chi connectivity index (χ1n) is 7.90. The van der Waals surface area contributed by atoms with Crippen LogP contribution in [0.5, 0.6) is 5.75 Å². The van der Waals surface area contributed by atoms with Gasteiger partial charge in [-0.25, -0.2) is 0 Å². The zero-order valence-corrected chi connectivity index (χ0v) is 13.2. The molecule has 1 fully saturated rings. The average molecular weight is 315 g/mol. The molecule has 2 aromatic rings. The number of likely N-dealkylation sites (tertiary alicyclic amines) is 1. The Morgan fingerprint density at radius 1 is 1.26 bits per heavy atom. The zero-order valence-electron chi connectivity index (χ0n) is 13.2. The van der Waals surface area contributed by atoms with E-state index in [4.69, 9.17) is 4.74 Å². The molecular formula is C17H21N3O3. The number of amides is 2. The van der Waals surface area contributed by atoms with Gasteiger partial charge in [-0.3, -0.25) is 9.59 Å². The summed E-state index contributed by atoms with van der Waals surface area (Å²) in [5.74, 6) is 0.654. The summed E-state index contributed by atoms with van der Waals surface area (Å²) in [6.07, 6.45) is 2.51. The molecule has 0 saturated carbocycles. The van der Waals surface area contributed by atoms with Crippen LogP contribution in [0.25, 0.3) is 10.9 Å². The Balaban J connectivity index is 1.56. The lowest BCUT2D eigenvalue weighted by molar-refractivity contribution is -0.129. The minimum Gasteiger partial charge on any atom is -0.497 e. The predicted molar refractivity (Wildman–Crippen MR) is 87.6 cm³/mol. The van der Waals surface area contributed by atoms with Crippen molar-refractivity contribution in [2.75, 3.05) is 26.7 Å². The molecule has 1 saturated heterocycles. The van der Waals surface area contributed by atoms with Crippen LogP contribution in [0.2, 0.25) is 0 Å². The maximum absolute atomic E-state index is 12.2.